The number of nitrogens with two attached hydrogens (primary N) is 1. The molecule has 1 amide bonds. The van der Waals surface area contributed by atoms with E-state index >= 15 is 0 Å². The summed E-state index contributed by atoms with van der Waals surface area (Å²) in [6.07, 6.45) is 4.58. The summed E-state index contributed by atoms with van der Waals surface area (Å²) < 4.78 is 29.9. The number of benzene rings is 2. The fourth-order valence-corrected chi connectivity index (χ4v) is 4.57. The molecule has 0 aliphatic carbocycles. The third kappa shape index (κ3) is 9.44. The smallest absolute Gasteiger partial charge is 0.305 e. The molecule has 178 valence electrons. The molecule has 0 unspecified atom stereocenters. The van der Waals surface area contributed by atoms with Crippen molar-refractivity contribution in [1.29, 1.82) is 0 Å². The topological polar surface area (TPSA) is 128 Å². The number of amides is 1. The van der Waals surface area contributed by atoms with Crippen molar-refractivity contribution < 1.29 is 22.7 Å². The van der Waals surface area contributed by atoms with Crippen molar-refractivity contribution in [3.8, 4) is 0 Å². The summed E-state index contributed by atoms with van der Waals surface area (Å²) in [5, 5.41) is 6.25. The zero-order valence-corrected chi connectivity index (χ0v) is 19.6. The Labute approximate surface area is 195 Å². The van der Waals surface area contributed by atoms with Crippen molar-refractivity contribution in [2.75, 3.05) is 17.7 Å². The number of aryl methyl sites for hydroxylation is 1. The van der Waals surface area contributed by atoms with Crippen LogP contribution in [0, 0.1) is 0 Å². The first-order chi connectivity index (χ1) is 15.8. The molecule has 0 saturated heterocycles. The summed E-state index contributed by atoms with van der Waals surface area (Å²) in [6.45, 7) is 1.97. The zero-order chi connectivity index (χ0) is 24.1. The fourth-order valence-electron chi connectivity index (χ4n) is 3.22. The number of carbonyl (C=O) groups excluding carboxylic acids is 2. The normalized spacial score (nSPS) is 11.4. The Kier molecular flexibility index (Phi) is 10.6. The molecule has 0 aliphatic heterocycles. The molecular weight excluding hydrogens is 442 g/mol. The van der Waals surface area contributed by atoms with E-state index in [0.29, 0.717) is 18.5 Å². The molecule has 2 aromatic rings. The van der Waals surface area contributed by atoms with Crippen LogP contribution in [0.15, 0.2) is 58.5 Å². The number of ether oxygens (including phenoxy) is 1. The SMILES string of the molecule is CCOC(=O)CCCS(=O)(=O)c1cccc(NC(=O)CCCCc2ccc(/C=N/N)cc2)c1. The zero-order valence-electron chi connectivity index (χ0n) is 18.8. The fraction of sp³-hybridized carbons (Fsp3) is 0.375. The Morgan fingerprint density at radius 1 is 1.06 bits per heavy atom. The van der Waals surface area contributed by atoms with Crippen molar-refractivity contribution >= 4 is 33.6 Å². The van der Waals surface area contributed by atoms with Crippen LogP contribution in [0.25, 0.3) is 0 Å². The molecular formula is C24H31N3O5S. The van der Waals surface area contributed by atoms with Crippen LogP contribution in [0.5, 0.6) is 0 Å². The van der Waals surface area contributed by atoms with Crippen LogP contribution in [0.1, 0.15) is 50.2 Å². The van der Waals surface area contributed by atoms with E-state index in [4.69, 9.17) is 10.6 Å². The number of rotatable bonds is 13. The van der Waals surface area contributed by atoms with Crippen molar-refractivity contribution in [3.05, 3.63) is 59.7 Å². The lowest BCUT2D eigenvalue weighted by molar-refractivity contribution is -0.143. The van der Waals surface area contributed by atoms with Crippen LogP contribution in [0.2, 0.25) is 0 Å². The van der Waals surface area contributed by atoms with Gasteiger partial charge in [0, 0.05) is 18.5 Å². The highest BCUT2D eigenvalue weighted by Gasteiger charge is 2.16. The van der Waals surface area contributed by atoms with Crippen LogP contribution in [0.4, 0.5) is 5.69 Å². The minimum Gasteiger partial charge on any atom is -0.466 e. The van der Waals surface area contributed by atoms with Gasteiger partial charge in [-0.25, -0.2) is 8.42 Å². The summed E-state index contributed by atoms with van der Waals surface area (Å²) in [6, 6.07) is 14.1. The average molecular weight is 474 g/mol. The summed E-state index contributed by atoms with van der Waals surface area (Å²) >= 11 is 0. The molecule has 0 heterocycles. The highest BCUT2D eigenvalue weighted by molar-refractivity contribution is 7.91. The lowest BCUT2D eigenvalue weighted by atomic mass is 10.1. The Balaban J connectivity index is 1.79. The lowest BCUT2D eigenvalue weighted by Crippen LogP contribution is -2.13. The molecule has 2 aromatic carbocycles. The van der Waals surface area contributed by atoms with Gasteiger partial charge < -0.3 is 15.9 Å². The molecule has 33 heavy (non-hydrogen) atoms. The van der Waals surface area contributed by atoms with Crippen LogP contribution in [-0.2, 0) is 30.6 Å². The first kappa shape index (κ1) is 26.1. The van der Waals surface area contributed by atoms with E-state index in [1.54, 1.807) is 25.3 Å². The standard InChI is InChI=1S/C24H31N3O5S/c1-2-32-24(29)11-6-16-33(30,31)22-9-5-8-21(17-22)27-23(28)10-4-3-7-19-12-14-20(15-13-19)18-26-25/h5,8-9,12-15,17-18H,2-4,6-7,10-11,16,25H2,1H3,(H,27,28)/b26-18+. The molecule has 3 N–H and O–H groups in total. The van der Waals surface area contributed by atoms with Crippen molar-refractivity contribution in [1.82, 2.24) is 0 Å². The number of nitrogens with one attached hydrogen (secondary N) is 1. The van der Waals surface area contributed by atoms with Crippen molar-refractivity contribution in [3.63, 3.8) is 0 Å². The van der Waals surface area contributed by atoms with Gasteiger partial charge in [-0.3, -0.25) is 9.59 Å². The highest BCUT2D eigenvalue weighted by atomic mass is 32.2. The van der Waals surface area contributed by atoms with E-state index in [9.17, 15) is 18.0 Å². The Morgan fingerprint density at radius 2 is 1.82 bits per heavy atom. The van der Waals surface area contributed by atoms with Gasteiger partial charge in [0.2, 0.25) is 5.91 Å². The van der Waals surface area contributed by atoms with E-state index < -0.39 is 15.8 Å². The number of unbranched alkanes of at least 4 members (excludes halogenated alkanes) is 1. The van der Waals surface area contributed by atoms with Gasteiger partial charge in [0.05, 0.1) is 23.5 Å². The minimum absolute atomic E-state index is 0.0512. The van der Waals surface area contributed by atoms with E-state index in [1.165, 1.54) is 17.7 Å². The quantitative estimate of drug-likeness (QED) is 0.151. The van der Waals surface area contributed by atoms with Crippen LogP contribution in [-0.4, -0.2) is 38.9 Å². The van der Waals surface area contributed by atoms with E-state index in [-0.39, 0.29) is 36.0 Å². The number of hydrogen-bond acceptors (Lipinski definition) is 7. The number of anilines is 1. The molecule has 0 atom stereocenters. The molecule has 8 nitrogen and oxygen atoms in total. The van der Waals surface area contributed by atoms with Gasteiger partial charge in [-0.2, -0.15) is 5.10 Å². The molecule has 0 spiro atoms. The third-order valence-corrected chi connectivity index (χ3v) is 6.70. The average Bonchev–Trinajstić information content (AvgIpc) is 2.78. The Bertz CT molecular complexity index is 1050. The van der Waals surface area contributed by atoms with Gasteiger partial charge in [-0.1, -0.05) is 30.3 Å². The molecule has 0 bridgehead atoms. The van der Waals surface area contributed by atoms with Gasteiger partial charge in [0.25, 0.3) is 0 Å². The van der Waals surface area contributed by atoms with Crippen LogP contribution < -0.4 is 11.2 Å². The molecule has 0 aromatic heterocycles. The van der Waals surface area contributed by atoms with E-state index in [1.807, 2.05) is 24.3 Å². The second kappa shape index (κ2) is 13.4. The maximum Gasteiger partial charge on any atom is 0.305 e. The van der Waals surface area contributed by atoms with Crippen molar-refractivity contribution in [2.24, 2.45) is 10.9 Å². The largest absolute Gasteiger partial charge is 0.466 e. The van der Waals surface area contributed by atoms with Gasteiger partial charge in [0.1, 0.15) is 0 Å². The molecule has 0 saturated carbocycles. The van der Waals surface area contributed by atoms with Gasteiger partial charge in [-0.15, -0.1) is 0 Å². The molecule has 2 rings (SSSR count). The second-order valence-electron chi connectivity index (χ2n) is 7.53. The van der Waals surface area contributed by atoms with Gasteiger partial charge in [0.15, 0.2) is 9.84 Å². The Morgan fingerprint density at radius 3 is 2.52 bits per heavy atom. The number of hydrazone groups is 1. The number of carbonyl (C=O) groups is 2. The predicted molar refractivity (Wildman–Crippen MR) is 129 cm³/mol. The first-order valence-corrected chi connectivity index (χ1v) is 12.6. The minimum atomic E-state index is -3.56. The predicted octanol–water partition coefficient (Wildman–Crippen LogP) is 3.45. The van der Waals surface area contributed by atoms with Gasteiger partial charge >= 0.3 is 5.97 Å². The number of hydrogen-bond donors (Lipinski definition) is 2. The second-order valence-corrected chi connectivity index (χ2v) is 9.64. The van der Waals surface area contributed by atoms with E-state index in [2.05, 4.69) is 10.4 Å². The summed E-state index contributed by atoms with van der Waals surface area (Å²) in [5.74, 6) is 4.40. The Hall–Kier alpha value is -3.20. The number of esters is 1. The van der Waals surface area contributed by atoms with E-state index in [0.717, 1.165) is 18.4 Å². The van der Waals surface area contributed by atoms with Crippen LogP contribution >= 0.6 is 0 Å². The maximum atomic E-state index is 12.5. The van der Waals surface area contributed by atoms with Crippen molar-refractivity contribution in [2.45, 2.75) is 50.3 Å². The lowest BCUT2D eigenvalue weighted by Gasteiger charge is -2.09. The number of nitrogens with zero attached hydrogens (tertiary/aromatic N) is 1. The third-order valence-electron chi connectivity index (χ3n) is 4.90. The maximum absolute atomic E-state index is 12.5. The number of sulfone groups is 1. The summed E-state index contributed by atoms with van der Waals surface area (Å²) in [5.41, 5.74) is 2.54. The molecule has 9 heteroatoms. The monoisotopic (exact) mass is 473 g/mol. The summed E-state index contributed by atoms with van der Waals surface area (Å²) in [4.78, 5) is 23.8. The molecule has 0 fully saturated rings. The molecule has 0 aliphatic rings. The molecule has 0 radical (unpaired) electrons. The summed E-state index contributed by atoms with van der Waals surface area (Å²) in [7, 11) is -3.56. The first-order valence-electron chi connectivity index (χ1n) is 10.9. The highest BCUT2D eigenvalue weighted by Crippen LogP contribution is 2.18. The van der Waals surface area contributed by atoms with Gasteiger partial charge in [-0.05, 0) is 61.9 Å². The van der Waals surface area contributed by atoms with Crippen LogP contribution in [0.3, 0.4) is 0 Å².